The third-order valence-corrected chi connectivity index (χ3v) is 1.98. The molecular weight excluding hydrogens is 190 g/mol. The number of rotatable bonds is 0. The molecule has 0 aliphatic rings. The van der Waals surface area contributed by atoms with Crippen molar-refractivity contribution in [2.75, 3.05) is 0 Å². The van der Waals surface area contributed by atoms with Crippen molar-refractivity contribution in [3.8, 4) is 11.5 Å². The largest absolute Gasteiger partial charge is 0.504 e. The number of fused-ring (bicyclic) bond motifs is 1. The maximum absolute atomic E-state index is 9.20. The highest BCUT2D eigenvalue weighted by Gasteiger charge is 2.03. The zero-order valence-electron chi connectivity index (χ0n) is 7.06. The van der Waals surface area contributed by atoms with Crippen molar-refractivity contribution in [3.05, 3.63) is 24.4 Å². The lowest BCUT2D eigenvalue weighted by molar-refractivity contribution is 0.404. The van der Waals surface area contributed by atoms with Gasteiger partial charge in [-0.15, -0.1) is 12.4 Å². The Kier molecular flexibility index (Phi) is 2.38. The minimum absolute atomic E-state index is 0. The van der Waals surface area contributed by atoms with Crippen molar-refractivity contribution in [3.63, 3.8) is 0 Å². The van der Waals surface area contributed by atoms with E-state index >= 15 is 0 Å². The van der Waals surface area contributed by atoms with Crippen LogP contribution in [0.15, 0.2) is 24.4 Å². The van der Waals surface area contributed by atoms with Crippen molar-refractivity contribution in [2.24, 2.45) is 7.05 Å². The summed E-state index contributed by atoms with van der Waals surface area (Å²) in [4.78, 5) is 0. The summed E-state index contributed by atoms with van der Waals surface area (Å²) in [6, 6.07) is 4.98. The predicted molar refractivity (Wildman–Crippen MR) is 53.5 cm³/mol. The van der Waals surface area contributed by atoms with Gasteiger partial charge in [-0.1, -0.05) is 0 Å². The number of aromatic nitrogens is 1. The van der Waals surface area contributed by atoms with E-state index in [0.29, 0.717) is 0 Å². The monoisotopic (exact) mass is 199 g/mol. The molecule has 0 amide bonds. The zero-order chi connectivity index (χ0) is 8.72. The van der Waals surface area contributed by atoms with Crippen LogP contribution in [-0.4, -0.2) is 14.8 Å². The van der Waals surface area contributed by atoms with Crippen LogP contribution in [0, 0.1) is 0 Å². The Morgan fingerprint density at radius 1 is 1.15 bits per heavy atom. The average Bonchev–Trinajstić information content (AvgIpc) is 2.35. The Balaban J connectivity index is 0.000000845. The summed E-state index contributed by atoms with van der Waals surface area (Å²) in [6.45, 7) is 0. The highest BCUT2D eigenvalue weighted by molar-refractivity contribution is 5.85. The van der Waals surface area contributed by atoms with Crippen molar-refractivity contribution in [2.45, 2.75) is 0 Å². The highest BCUT2D eigenvalue weighted by Crippen LogP contribution is 2.30. The third kappa shape index (κ3) is 1.42. The molecule has 70 valence electrons. The van der Waals surface area contributed by atoms with Crippen molar-refractivity contribution in [1.29, 1.82) is 0 Å². The Labute approximate surface area is 81.6 Å². The van der Waals surface area contributed by atoms with Crippen LogP contribution in [0.25, 0.3) is 10.9 Å². The van der Waals surface area contributed by atoms with Gasteiger partial charge in [0.2, 0.25) is 0 Å². The first kappa shape index (κ1) is 9.74. The summed E-state index contributed by atoms with van der Waals surface area (Å²) in [5.41, 5.74) is 0.908. The molecule has 2 aromatic rings. The summed E-state index contributed by atoms with van der Waals surface area (Å²) in [5, 5.41) is 19.3. The second-order valence-corrected chi connectivity index (χ2v) is 2.83. The van der Waals surface area contributed by atoms with Gasteiger partial charge in [-0.2, -0.15) is 0 Å². The molecule has 0 aliphatic heterocycles. The van der Waals surface area contributed by atoms with E-state index in [1.807, 2.05) is 23.9 Å². The number of aromatic hydroxyl groups is 2. The zero-order valence-corrected chi connectivity index (χ0v) is 7.88. The molecule has 0 unspecified atom stereocenters. The normalized spacial score (nSPS) is 9.92. The van der Waals surface area contributed by atoms with Crippen LogP contribution in [0.5, 0.6) is 11.5 Å². The van der Waals surface area contributed by atoms with Gasteiger partial charge in [0, 0.05) is 24.7 Å². The van der Waals surface area contributed by atoms with Gasteiger partial charge in [0.15, 0.2) is 11.5 Å². The van der Waals surface area contributed by atoms with Crippen LogP contribution in [-0.2, 0) is 7.05 Å². The topological polar surface area (TPSA) is 45.4 Å². The van der Waals surface area contributed by atoms with E-state index < -0.39 is 0 Å². The third-order valence-electron chi connectivity index (χ3n) is 1.98. The van der Waals surface area contributed by atoms with Crippen LogP contribution < -0.4 is 0 Å². The molecule has 1 aromatic heterocycles. The first-order valence-corrected chi connectivity index (χ1v) is 3.65. The molecule has 0 spiro atoms. The smallest absolute Gasteiger partial charge is 0.159 e. The average molecular weight is 200 g/mol. The van der Waals surface area contributed by atoms with E-state index in [0.717, 1.165) is 10.9 Å². The number of hydrogen-bond acceptors (Lipinski definition) is 2. The quantitative estimate of drug-likeness (QED) is 0.638. The van der Waals surface area contributed by atoms with Crippen molar-refractivity contribution < 1.29 is 10.2 Å². The molecule has 13 heavy (non-hydrogen) atoms. The molecule has 1 aromatic carbocycles. The SMILES string of the molecule is Cl.Cn1ccc2cc(O)c(O)cc21. The van der Waals surface area contributed by atoms with E-state index in [-0.39, 0.29) is 23.9 Å². The van der Waals surface area contributed by atoms with Gasteiger partial charge in [-0.05, 0) is 12.1 Å². The van der Waals surface area contributed by atoms with Gasteiger partial charge in [0.25, 0.3) is 0 Å². The minimum atomic E-state index is -0.0794. The molecule has 0 fully saturated rings. The second-order valence-electron chi connectivity index (χ2n) is 2.83. The fourth-order valence-corrected chi connectivity index (χ4v) is 1.29. The Morgan fingerprint density at radius 2 is 1.77 bits per heavy atom. The van der Waals surface area contributed by atoms with Gasteiger partial charge in [-0.3, -0.25) is 0 Å². The Bertz CT molecular complexity index is 436. The number of aryl methyl sites for hydroxylation is 1. The van der Waals surface area contributed by atoms with E-state index in [1.54, 1.807) is 12.1 Å². The van der Waals surface area contributed by atoms with Crippen molar-refractivity contribution in [1.82, 2.24) is 4.57 Å². The Morgan fingerprint density at radius 3 is 2.46 bits per heavy atom. The molecule has 0 saturated heterocycles. The molecule has 0 aliphatic carbocycles. The van der Waals surface area contributed by atoms with Gasteiger partial charge in [0.1, 0.15) is 0 Å². The molecule has 2 N–H and O–H groups in total. The lowest BCUT2D eigenvalue weighted by Gasteiger charge is -1.99. The van der Waals surface area contributed by atoms with Gasteiger partial charge >= 0.3 is 0 Å². The first-order chi connectivity index (χ1) is 5.68. The van der Waals surface area contributed by atoms with E-state index in [9.17, 15) is 5.11 Å². The lowest BCUT2D eigenvalue weighted by atomic mass is 10.2. The summed E-state index contributed by atoms with van der Waals surface area (Å²) in [5.74, 6) is -0.155. The summed E-state index contributed by atoms with van der Waals surface area (Å²) >= 11 is 0. The molecule has 0 atom stereocenters. The summed E-state index contributed by atoms with van der Waals surface area (Å²) < 4.78 is 1.88. The molecule has 4 heteroatoms. The fraction of sp³-hybridized carbons (Fsp3) is 0.111. The minimum Gasteiger partial charge on any atom is -0.504 e. The predicted octanol–water partition coefficient (Wildman–Crippen LogP) is 2.01. The standard InChI is InChI=1S/C9H9NO2.ClH/c1-10-3-2-6-4-8(11)9(12)5-7(6)10;/h2-5,11-12H,1H3;1H. The van der Waals surface area contributed by atoms with Gasteiger partial charge < -0.3 is 14.8 Å². The fourth-order valence-electron chi connectivity index (χ4n) is 1.29. The lowest BCUT2D eigenvalue weighted by Crippen LogP contribution is -1.82. The molecule has 0 radical (unpaired) electrons. The number of nitrogens with zero attached hydrogens (tertiary/aromatic N) is 1. The van der Waals surface area contributed by atoms with Crippen LogP contribution in [0.3, 0.4) is 0 Å². The number of benzene rings is 1. The maximum atomic E-state index is 9.20. The molecule has 0 bridgehead atoms. The van der Waals surface area contributed by atoms with Crippen molar-refractivity contribution >= 4 is 23.3 Å². The number of halogens is 1. The number of phenolic OH excluding ortho intramolecular Hbond substituents is 2. The molecule has 3 nitrogen and oxygen atoms in total. The summed E-state index contributed by atoms with van der Waals surface area (Å²) in [6.07, 6.45) is 1.88. The Hall–Kier alpha value is -1.35. The van der Waals surface area contributed by atoms with Crippen LogP contribution in [0.1, 0.15) is 0 Å². The van der Waals surface area contributed by atoms with Gasteiger partial charge in [-0.25, -0.2) is 0 Å². The summed E-state index contributed by atoms with van der Waals surface area (Å²) in [7, 11) is 1.89. The number of phenols is 2. The van der Waals surface area contributed by atoms with Gasteiger partial charge in [0.05, 0.1) is 5.52 Å². The first-order valence-electron chi connectivity index (χ1n) is 3.65. The van der Waals surface area contributed by atoms with E-state index in [2.05, 4.69) is 0 Å². The van der Waals surface area contributed by atoms with E-state index in [1.165, 1.54) is 0 Å². The maximum Gasteiger partial charge on any atom is 0.159 e. The number of hydrogen-bond donors (Lipinski definition) is 2. The van der Waals surface area contributed by atoms with E-state index in [4.69, 9.17) is 5.11 Å². The second kappa shape index (κ2) is 3.18. The highest BCUT2D eigenvalue weighted by atomic mass is 35.5. The van der Waals surface area contributed by atoms with Crippen LogP contribution >= 0.6 is 12.4 Å². The molecule has 0 saturated carbocycles. The van der Waals surface area contributed by atoms with Crippen LogP contribution in [0.2, 0.25) is 0 Å². The molecule has 1 heterocycles. The molecule has 2 rings (SSSR count). The van der Waals surface area contributed by atoms with Crippen LogP contribution in [0.4, 0.5) is 0 Å². The molecular formula is C9H10ClNO2.